The number of ether oxygens (including phenoxy) is 3. The second kappa shape index (κ2) is 14.9. The summed E-state index contributed by atoms with van der Waals surface area (Å²) in [5, 5.41) is 14.5. The number of likely N-dealkylation sites (N-methyl/N-ethyl adjacent to an activating group) is 1. The van der Waals surface area contributed by atoms with Crippen LogP contribution in [-0.2, 0) is 67.7 Å². The van der Waals surface area contributed by atoms with Crippen molar-refractivity contribution in [3.63, 3.8) is 0 Å². The van der Waals surface area contributed by atoms with Crippen LogP contribution in [0.4, 0.5) is 10.5 Å². The van der Waals surface area contributed by atoms with Crippen LogP contribution in [0.2, 0.25) is 5.02 Å². The van der Waals surface area contributed by atoms with Crippen LogP contribution < -0.4 is 10.2 Å². The predicted octanol–water partition coefficient (Wildman–Crippen LogP) is 3.97. The first-order valence-corrected chi connectivity index (χ1v) is 15.5. The second-order valence-corrected chi connectivity index (χ2v) is 13.2. The predicted molar refractivity (Wildman–Crippen MR) is 168 cm³/mol. The molecule has 13 heteroatoms. The van der Waals surface area contributed by atoms with Gasteiger partial charge in [0.2, 0.25) is 5.91 Å². The van der Waals surface area contributed by atoms with Gasteiger partial charge in [0.05, 0.1) is 29.3 Å². The molecule has 3 aliphatic heterocycles. The third kappa shape index (κ3) is 8.04. The van der Waals surface area contributed by atoms with Crippen LogP contribution in [0, 0.1) is 18.8 Å². The van der Waals surface area contributed by atoms with Gasteiger partial charge in [0, 0.05) is 58.0 Å². The van der Waals surface area contributed by atoms with Crippen molar-refractivity contribution in [2.45, 2.75) is 96.5 Å². The number of halogens is 1. The fraction of sp³-hybridized carbons (Fsp3) is 0.576. The summed E-state index contributed by atoms with van der Waals surface area (Å²) in [6, 6.07) is 2.86. The van der Waals surface area contributed by atoms with Crippen molar-refractivity contribution in [3.05, 3.63) is 52.1 Å². The molecule has 1 aromatic rings. The van der Waals surface area contributed by atoms with Crippen LogP contribution in [-0.4, -0.2) is 84.2 Å². The largest absolute Gasteiger partial charge is 0.520 e. The van der Waals surface area contributed by atoms with Gasteiger partial charge < -0.3 is 33.9 Å². The van der Waals surface area contributed by atoms with Crippen LogP contribution in [0.3, 0.4) is 0 Å². The number of epoxide rings is 1. The number of hydrogen-bond donors (Lipinski definition) is 2. The molecule has 249 valence electrons. The first-order valence-electron chi connectivity index (χ1n) is 15.1. The van der Waals surface area contributed by atoms with Crippen molar-refractivity contribution >= 4 is 41.7 Å². The minimum Gasteiger partial charge on any atom is -0.520 e. The van der Waals surface area contributed by atoms with Crippen molar-refractivity contribution in [2.75, 3.05) is 19.0 Å². The topological polar surface area (TPSA) is 138 Å². The molecule has 0 aromatic heterocycles. The van der Waals surface area contributed by atoms with E-state index in [1.807, 2.05) is 58.1 Å². The molecule has 2 N–H and O–H groups in total. The van der Waals surface area contributed by atoms with Gasteiger partial charge in [0.25, 0.3) is 0 Å². The summed E-state index contributed by atoms with van der Waals surface area (Å²) in [5.74, 6) is -2.01. The third-order valence-electron chi connectivity index (χ3n) is 9.41. The molecule has 1 radical (unpaired) electrons. The zero-order valence-corrected chi connectivity index (χ0v) is 31.2. The van der Waals surface area contributed by atoms with Gasteiger partial charge in [-0.05, 0) is 58.4 Å². The molecule has 8 atom stereocenters. The van der Waals surface area contributed by atoms with Gasteiger partial charge in [0.15, 0.2) is 0 Å². The van der Waals surface area contributed by atoms with Crippen molar-refractivity contribution in [3.8, 4) is 0 Å². The van der Waals surface area contributed by atoms with Crippen molar-refractivity contribution in [2.24, 2.45) is 11.8 Å². The minimum absolute atomic E-state index is 0. The number of alkyl carbamates (subject to hydrolysis) is 1. The maximum atomic E-state index is 13.8. The van der Waals surface area contributed by atoms with Gasteiger partial charge in [-0.15, -0.1) is 0 Å². The average molecular weight is 734 g/mol. The fourth-order valence-electron chi connectivity index (χ4n) is 6.02. The quantitative estimate of drug-likeness (QED) is 0.205. The Morgan fingerprint density at radius 1 is 1.28 bits per heavy atom. The van der Waals surface area contributed by atoms with Gasteiger partial charge in [0.1, 0.15) is 23.5 Å². The number of rotatable bonds is 4. The molecule has 3 amide bonds. The molecule has 2 fully saturated rings. The maximum Gasteiger partial charge on any atom is 0.409 e. The molecular weight excluding hydrogens is 691 g/mol. The Hall–Kier alpha value is -2.31. The summed E-state index contributed by atoms with van der Waals surface area (Å²) in [7, 11) is 3.02. The summed E-state index contributed by atoms with van der Waals surface area (Å²) >= 11 is 6.70. The summed E-state index contributed by atoms with van der Waals surface area (Å²) in [6.45, 7) is 10.7. The number of nitrogens with zero attached hydrogens (tertiary/aromatic N) is 2. The van der Waals surface area contributed by atoms with Gasteiger partial charge in [-0.3, -0.25) is 10.1 Å². The number of aryl methyl sites for hydroxylation is 1. The van der Waals surface area contributed by atoms with E-state index in [0.29, 0.717) is 17.1 Å². The molecule has 2 saturated heterocycles. The zero-order chi connectivity index (χ0) is 33.4. The minimum atomic E-state index is -1.58. The van der Waals surface area contributed by atoms with Gasteiger partial charge in [-0.25, -0.2) is 9.59 Å². The number of carbonyl (C=O) groups excluding carboxylic acids is 4. The van der Waals surface area contributed by atoms with E-state index in [1.165, 1.54) is 18.9 Å². The van der Waals surface area contributed by atoms with Crippen molar-refractivity contribution in [1.29, 1.82) is 0 Å². The van der Waals surface area contributed by atoms with Crippen molar-refractivity contribution < 1.29 is 71.2 Å². The van der Waals surface area contributed by atoms with Crippen LogP contribution in [0.1, 0.15) is 58.6 Å². The summed E-state index contributed by atoms with van der Waals surface area (Å²) in [5.41, 5.74) is 0.555. The number of amides is 3. The van der Waals surface area contributed by atoms with Gasteiger partial charge in [-0.2, -0.15) is 6.41 Å². The van der Waals surface area contributed by atoms with Crippen LogP contribution in [0.5, 0.6) is 0 Å². The van der Waals surface area contributed by atoms with E-state index in [0.717, 1.165) is 21.6 Å². The number of carbonyl (C=O) groups is 3. The molecule has 1 aromatic carbocycles. The smallest absolute Gasteiger partial charge is 0.409 e. The first kappa shape index (κ1) is 38.1. The van der Waals surface area contributed by atoms with E-state index < -0.39 is 59.6 Å². The number of anilines is 1. The monoisotopic (exact) mass is 733 g/mol. The van der Waals surface area contributed by atoms with E-state index in [-0.39, 0.29) is 51.5 Å². The van der Waals surface area contributed by atoms with Crippen LogP contribution in [0.25, 0.3) is 0 Å². The maximum absolute atomic E-state index is 13.8. The molecule has 0 spiro atoms. The Bertz CT molecular complexity index is 1420. The molecule has 3 aliphatic rings. The van der Waals surface area contributed by atoms with E-state index >= 15 is 0 Å². The number of benzene rings is 1. The van der Waals surface area contributed by atoms with Crippen molar-refractivity contribution in [1.82, 2.24) is 10.2 Å². The number of nitrogens with one attached hydrogen (secondary N) is 1. The van der Waals surface area contributed by atoms with E-state index in [2.05, 4.69) is 5.32 Å². The summed E-state index contributed by atoms with van der Waals surface area (Å²) in [6.07, 6.45) is 4.54. The SMILES string of the molecule is C/C1=C\C=C\C(C)C2(O)CC(OC(=O)N2)C(C)C2OC2(C)C(OC(=O)[C@H](C)N(C)[C-]=O)CC(=O)N(C)c2cc(cc(C)c2Cl)C1.[Y]. The molecular formula is C33H43ClN3O8Y-. The standard InChI is InChI=1S/C33H43ClN3O8.Y/c1-18-10-9-11-20(3)33(42)16-25(43-31(41)35-33)21(4)29-32(6,45-29)26(44-30(40)22(5)36(7)17-38)15-27(39)37(8)24-14-23(12-18)13-19(2)28(24)34;/h9-11,13-14,20-22,25-26,29,42H,12,15-16H2,1-8H3,(H,35,41);/q-1;/b11-9+,18-10+;/t20?,21?,22-,25?,26?,29?,32?,33?;/m0./s1. The van der Waals surface area contributed by atoms with Crippen LogP contribution >= 0.6 is 11.6 Å². The Labute approximate surface area is 300 Å². The normalized spacial score (nSPS) is 33.9. The first-order chi connectivity index (χ1) is 21.0. The zero-order valence-electron chi connectivity index (χ0n) is 27.6. The molecule has 0 saturated carbocycles. The molecule has 7 unspecified atom stereocenters. The Morgan fingerprint density at radius 3 is 2.61 bits per heavy atom. The summed E-state index contributed by atoms with van der Waals surface area (Å²) < 4.78 is 17.7. The van der Waals surface area contributed by atoms with Gasteiger partial charge >= 0.3 is 12.1 Å². The molecule has 4 rings (SSSR count). The number of hydrogen-bond acceptors (Lipinski definition) is 8. The van der Waals surface area contributed by atoms with Gasteiger partial charge in [-0.1, -0.05) is 55.3 Å². The van der Waals surface area contributed by atoms with Crippen LogP contribution in [0.15, 0.2) is 35.9 Å². The Balaban J connectivity index is 0.00000576. The molecule has 3 heterocycles. The molecule has 11 nitrogen and oxygen atoms in total. The molecule has 0 aliphatic carbocycles. The Morgan fingerprint density at radius 2 is 1.96 bits per heavy atom. The van der Waals surface area contributed by atoms with E-state index in [4.69, 9.17) is 25.8 Å². The average Bonchev–Trinajstić information content (AvgIpc) is 3.68. The fourth-order valence-corrected chi connectivity index (χ4v) is 6.26. The second-order valence-electron chi connectivity index (χ2n) is 12.8. The summed E-state index contributed by atoms with van der Waals surface area (Å²) in [4.78, 5) is 53.3. The number of aliphatic hydroxyl groups is 1. The molecule has 46 heavy (non-hydrogen) atoms. The number of allylic oxidation sites excluding steroid dienone is 3. The van der Waals surface area contributed by atoms with E-state index in [1.54, 1.807) is 20.4 Å². The third-order valence-corrected chi connectivity index (χ3v) is 9.90. The Kier molecular flexibility index (Phi) is 12.3. The van der Waals surface area contributed by atoms with E-state index in [9.17, 15) is 24.3 Å². The number of esters is 1. The molecule has 4 bridgehead atoms. The number of fused-ring (bicyclic) bond motifs is 5.